The van der Waals surface area contributed by atoms with Crippen LogP contribution in [-0.2, 0) is 9.53 Å². The first-order valence-electron chi connectivity index (χ1n) is 8.74. The molecule has 0 heterocycles. The Kier molecular flexibility index (Phi) is 6.85. The van der Waals surface area contributed by atoms with Crippen LogP contribution in [0.25, 0.3) is 0 Å². The molecule has 2 rings (SSSR count). The average molecular weight is 281 g/mol. The summed E-state index contributed by atoms with van der Waals surface area (Å²) >= 11 is 0. The van der Waals surface area contributed by atoms with Gasteiger partial charge in [0.1, 0.15) is 6.04 Å². The lowest BCUT2D eigenvalue weighted by atomic mass is 9.83. The fourth-order valence-corrected chi connectivity index (χ4v) is 3.80. The van der Waals surface area contributed by atoms with E-state index < -0.39 is 0 Å². The third kappa shape index (κ3) is 4.76. The van der Waals surface area contributed by atoms with Crippen molar-refractivity contribution in [2.75, 3.05) is 6.61 Å². The maximum absolute atomic E-state index is 12.3. The molecule has 2 aliphatic carbocycles. The van der Waals surface area contributed by atoms with Gasteiger partial charge in [0.25, 0.3) is 0 Å². The normalized spacial score (nSPS) is 24.1. The van der Waals surface area contributed by atoms with E-state index in [9.17, 15) is 4.79 Å². The van der Waals surface area contributed by atoms with Crippen molar-refractivity contribution in [3.05, 3.63) is 0 Å². The summed E-state index contributed by atoms with van der Waals surface area (Å²) in [7, 11) is 0. The summed E-state index contributed by atoms with van der Waals surface area (Å²) in [6.07, 6.45) is 14.0. The largest absolute Gasteiger partial charge is 0.465 e. The predicted octanol–water partition coefficient (Wildman–Crippen LogP) is 3.81. The fourth-order valence-electron chi connectivity index (χ4n) is 3.80. The van der Waals surface area contributed by atoms with Gasteiger partial charge in [-0.05, 0) is 38.5 Å². The molecular weight excluding hydrogens is 250 g/mol. The number of carbonyl (C=O) groups excluding carboxylic acids is 1. The van der Waals surface area contributed by atoms with Gasteiger partial charge in [0.2, 0.25) is 0 Å². The van der Waals surface area contributed by atoms with Gasteiger partial charge in [0, 0.05) is 6.04 Å². The van der Waals surface area contributed by atoms with Crippen molar-refractivity contribution in [3.8, 4) is 0 Å². The zero-order valence-corrected chi connectivity index (χ0v) is 13.0. The monoisotopic (exact) mass is 281 g/mol. The number of nitrogens with one attached hydrogen (secondary N) is 1. The summed E-state index contributed by atoms with van der Waals surface area (Å²) in [5.74, 6) is 0.481. The van der Waals surface area contributed by atoms with Crippen molar-refractivity contribution in [2.45, 2.75) is 89.6 Å². The molecule has 3 nitrogen and oxygen atoms in total. The summed E-state index contributed by atoms with van der Waals surface area (Å²) in [5.41, 5.74) is 0. The second-order valence-corrected chi connectivity index (χ2v) is 6.48. The van der Waals surface area contributed by atoms with Gasteiger partial charge in [-0.15, -0.1) is 0 Å². The maximum atomic E-state index is 12.3. The molecule has 0 aromatic rings. The lowest BCUT2D eigenvalue weighted by Crippen LogP contribution is -2.49. The topological polar surface area (TPSA) is 38.3 Å². The molecule has 0 bridgehead atoms. The van der Waals surface area contributed by atoms with E-state index in [1.165, 1.54) is 70.6 Å². The summed E-state index contributed by atoms with van der Waals surface area (Å²) in [6.45, 7) is 2.40. The minimum Gasteiger partial charge on any atom is -0.465 e. The molecule has 2 aliphatic rings. The van der Waals surface area contributed by atoms with Crippen molar-refractivity contribution in [1.29, 1.82) is 0 Å². The summed E-state index contributed by atoms with van der Waals surface area (Å²) in [5, 5.41) is 3.68. The minimum atomic E-state index is -0.0571. The molecule has 116 valence electrons. The van der Waals surface area contributed by atoms with E-state index in [-0.39, 0.29) is 12.0 Å². The number of carbonyl (C=O) groups is 1. The van der Waals surface area contributed by atoms with Crippen molar-refractivity contribution in [3.63, 3.8) is 0 Å². The highest BCUT2D eigenvalue weighted by Crippen LogP contribution is 2.28. The van der Waals surface area contributed by atoms with Gasteiger partial charge >= 0.3 is 5.97 Å². The molecule has 0 radical (unpaired) electrons. The van der Waals surface area contributed by atoms with Crippen LogP contribution in [0.3, 0.4) is 0 Å². The minimum absolute atomic E-state index is 0.0105. The predicted molar refractivity (Wildman–Crippen MR) is 81.6 cm³/mol. The summed E-state index contributed by atoms with van der Waals surface area (Å²) in [6, 6.07) is 0.465. The second kappa shape index (κ2) is 8.66. The number of hydrogen-bond acceptors (Lipinski definition) is 3. The Balaban J connectivity index is 1.94. The van der Waals surface area contributed by atoms with Gasteiger partial charge in [0.05, 0.1) is 6.61 Å². The van der Waals surface area contributed by atoms with E-state index in [1.54, 1.807) is 0 Å². The highest BCUT2D eigenvalue weighted by molar-refractivity contribution is 5.76. The molecule has 0 amide bonds. The van der Waals surface area contributed by atoms with Crippen LogP contribution in [-0.4, -0.2) is 24.7 Å². The summed E-state index contributed by atoms with van der Waals surface area (Å²) in [4.78, 5) is 12.3. The van der Waals surface area contributed by atoms with Crippen LogP contribution >= 0.6 is 0 Å². The molecule has 2 saturated carbocycles. The zero-order chi connectivity index (χ0) is 14.2. The van der Waals surface area contributed by atoms with Gasteiger partial charge in [-0.2, -0.15) is 0 Å². The van der Waals surface area contributed by atoms with E-state index in [4.69, 9.17) is 4.74 Å². The van der Waals surface area contributed by atoms with Crippen LogP contribution in [0, 0.1) is 5.92 Å². The third-order valence-corrected chi connectivity index (χ3v) is 4.93. The molecule has 0 aromatic carbocycles. The van der Waals surface area contributed by atoms with E-state index in [0.717, 1.165) is 0 Å². The maximum Gasteiger partial charge on any atom is 0.323 e. The number of rotatable bonds is 5. The van der Waals surface area contributed by atoms with Crippen molar-refractivity contribution < 1.29 is 9.53 Å². The first-order chi connectivity index (χ1) is 9.81. The quantitative estimate of drug-likeness (QED) is 0.615. The Labute approximate surface area is 123 Å². The average Bonchev–Trinajstić information content (AvgIpc) is 2.74. The molecule has 3 heteroatoms. The SMILES string of the molecule is CCOC(=O)C(NC1CCCCCC1)C1CCCCC1. The van der Waals surface area contributed by atoms with Gasteiger partial charge in [-0.25, -0.2) is 0 Å². The molecule has 1 unspecified atom stereocenters. The second-order valence-electron chi connectivity index (χ2n) is 6.48. The Bertz CT molecular complexity index is 279. The van der Waals surface area contributed by atoms with Crippen molar-refractivity contribution >= 4 is 5.97 Å². The van der Waals surface area contributed by atoms with Gasteiger partial charge in [-0.1, -0.05) is 44.9 Å². The van der Waals surface area contributed by atoms with Crippen LogP contribution in [0.1, 0.15) is 77.6 Å². The number of hydrogen-bond donors (Lipinski definition) is 1. The zero-order valence-electron chi connectivity index (χ0n) is 13.0. The number of ether oxygens (including phenoxy) is 1. The Morgan fingerprint density at radius 2 is 1.55 bits per heavy atom. The van der Waals surface area contributed by atoms with Gasteiger partial charge in [-0.3, -0.25) is 4.79 Å². The number of esters is 1. The van der Waals surface area contributed by atoms with Crippen LogP contribution in [0.15, 0.2) is 0 Å². The summed E-state index contributed by atoms with van der Waals surface area (Å²) < 4.78 is 5.33. The molecule has 0 spiro atoms. The van der Waals surface area contributed by atoms with E-state index in [1.807, 2.05) is 6.92 Å². The molecular formula is C17H31NO2. The van der Waals surface area contributed by atoms with Gasteiger partial charge in [0.15, 0.2) is 0 Å². The highest BCUT2D eigenvalue weighted by atomic mass is 16.5. The van der Waals surface area contributed by atoms with Crippen LogP contribution in [0.4, 0.5) is 0 Å². The molecule has 1 atom stereocenters. The van der Waals surface area contributed by atoms with E-state index in [0.29, 0.717) is 18.6 Å². The van der Waals surface area contributed by atoms with Crippen LogP contribution in [0.2, 0.25) is 0 Å². The lowest BCUT2D eigenvalue weighted by Gasteiger charge is -2.32. The third-order valence-electron chi connectivity index (χ3n) is 4.93. The molecule has 0 aromatic heterocycles. The lowest BCUT2D eigenvalue weighted by molar-refractivity contribution is -0.148. The highest BCUT2D eigenvalue weighted by Gasteiger charge is 2.32. The first-order valence-corrected chi connectivity index (χ1v) is 8.74. The van der Waals surface area contributed by atoms with E-state index in [2.05, 4.69) is 5.32 Å². The fraction of sp³-hybridized carbons (Fsp3) is 0.941. The van der Waals surface area contributed by atoms with Crippen LogP contribution in [0.5, 0.6) is 0 Å². The van der Waals surface area contributed by atoms with Crippen molar-refractivity contribution in [1.82, 2.24) is 5.32 Å². The molecule has 20 heavy (non-hydrogen) atoms. The smallest absolute Gasteiger partial charge is 0.323 e. The molecule has 0 saturated heterocycles. The molecule has 2 fully saturated rings. The van der Waals surface area contributed by atoms with Crippen LogP contribution < -0.4 is 5.32 Å². The Morgan fingerprint density at radius 3 is 2.15 bits per heavy atom. The molecule has 1 N–H and O–H groups in total. The van der Waals surface area contributed by atoms with E-state index >= 15 is 0 Å². The Morgan fingerprint density at radius 1 is 1.00 bits per heavy atom. The molecule has 0 aliphatic heterocycles. The Hall–Kier alpha value is -0.570. The van der Waals surface area contributed by atoms with Gasteiger partial charge < -0.3 is 10.1 Å². The first kappa shape index (κ1) is 15.8. The standard InChI is InChI=1S/C17H31NO2/c1-2-20-17(19)16(14-10-6-5-7-11-14)18-15-12-8-3-4-9-13-15/h14-16,18H,2-13H2,1H3. The van der Waals surface area contributed by atoms with Crippen molar-refractivity contribution in [2.24, 2.45) is 5.92 Å².